The van der Waals surface area contributed by atoms with Crippen LogP contribution in [0, 0.1) is 18.6 Å². The number of ether oxygens (including phenoxy) is 1. The first-order valence-corrected chi connectivity index (χ1v) is 21.4. The zero-order chi connectivity index (χ0) is 43.1. The van der Waals surface area contributed by atoms with Crippen molar-refractivity contribution in [3.8, 4) is 0 Å². The number of carbonyl (C=O) groups excluding carboxylic acids is 3. The van der Waals surface area contributed by atoms with E-state index in [0.717, 1.165) is 54.6 Å². The van der Waals surface area contributed by atoms with Gasteiger partial charge in [-0.1, -0.05) is 11.6 Å². The third kappa shape index (κ3) is 9.35. The van der Waals surface area contributed by atoms with E-state index in [0.29, 0.717) is 35.2 Å². The van der Waals surface area contributed by atoms with Crippen molar-refractivity contribution in [2.75, 3.05) is 52.4 Å². The Labute approximate surface area is 346 Å². The fourth-order valence-electron chi connectivity index (χ4n) is 7.04. The zero-order valence-electron chi connectivity index (χ0n) is 31.6. The second-order valence-corrected chi connectivity index (χ2v) is 17.8. The van der Waals surface area contributed by atoms with E-state index in [1.807, 2.05) is 0 Å². The smallest absolute Gasteiger partial charge is 0.410 e. The minimum atomic E-state index is -4.10. The molecule has 60 heavy (non-hydrogen) atoms. The fourth-order valence-corrected chi connectivity index (χ4v) is 8.27. The first kappa shape index (κ1) is 42.4. The molecule has 0 fully saturated rings. The molecule has 0 bridgehead atoms. The number of amides is 3. The molecule has 5 N–H and O–H groups in total. The number of halogens is 3. The summed E-state index contributed by atoms with van der Waals surface area (Å²) in [5, 5.41) is 25.5. The van der Waals surface area contributed by atoms with Crippen LogP contribution in [0.1, 0.15) is 37.8 Å². The van der Waals surface area contributed by atoms with Crippen molar-refractivity contribution in [2.45, 2.75) is 29.9 Å². The number of hydrogen-bond acceptors (Lipinski definition) is 13. The molecule has 0 saturated carbocycles. The van der Waals surface area contributed by atoms with Gasteiger partial charge in [0.15, 0.2) is 5.82 Å². The summed E-state index contributed by atoms with van der Waals surface area (Å²) in [5.74, 6) is -2.37. The second-order valence-electron chi connectivity index (χ2n) is 14.3. The highest BCUT2D eigenvalue weighted by Crippen LogP contribution is 2.29. The van der Waals surface area contributed by atoms with Crippen molar-refractivity contribution in [3.05, 3.63) is 116 Å². The number of tetrazole rings is 1. The number of benzene rings is 2. The summed E-state index contributed by atoms with van der Waals surface area (Å²) in [6.45, 7) is 5.28. The maximum absolute atomic E-state index is 14.5. The molecular formula is C36H36ClF2N11O8S2. The lowest BCUT2D eigenvalue weighted by atomic mass is 10.2. The molecule has 6 heterocycles. The van der Waals surface area contributed by atoms with Gasteiger partial charge in [0, 0.05) is 64.1 Å². The predicted molar refractivity (Wildman–Crippen MR) is 207 cm³/mol. The van der Waals surface area contributed by atoms with Gasteiger partial charge < -0.3 is 24.8 Å². The SMILES string of the molecule is Cc1nnn(Cc2cc(Cl)cnc2COC(=O)N2CC3=C(C2)CN(C(=O)c2ccc(S(N)(=O)=O)cc2F)C3)n1.NS(=O)(=O)c1ccc(C(=O)N2CC3=C(CNC3)C2)c(F)c1. The highest BCUT2D eigenvalue weighted by molar-refractivity contribution is 7.89. The van der Waals surface area contributed by atoms with E-state index in [1.165, 1.54) is 38.0 Å². The molecule has 2 aromatic carbocycles. The van der Waals surface area contributed by atoms with Crippen LogP contribution in [0.25, 0.3) is 0 Å². The molecule has 4 aromatic rings. The number of aromatic nitrogens is 5. The molecule has 19 nitrogen and oxygen atoms in total. The summed E-state index contributed by atoms with van der Waals surface area (Å²) in [5.41, 5.74) is 4.83. The summed E-state index contributed by atoms with van der Waals surface area (Å²) >= 11 is 6.09. The quantitative estimate of drug-likeness (QED) is 0.210. The number of pyridine rings is 1. The Hall–Kier alpha value is -5.72. The standard InChI is InChI=1S/C23H22ClFN8O5S.C13H14FN3O3S/c1-13-28-30-33(29-13)11-14-4-17(24)6-27-21(14)12-38-23(35)32-9-15-7-31(8-16(15)10-32)22(34)19-3-2-18(5-20(19)25)39(26,36)37;14-12-3-10(21(15,19)20)1-2-11(12)13(18)17-6-8-4-16-5-9(8)7-17/h2-6H,7-12H2,1H3,(H2,26,36,37);1-3,16H,4-7H2,(H2,15,19,20). The minimum Gasteiger partial charge on any atom is -0.443 e. The molecule has 0 radical (unpaired) electrons. The van der Waals surface area contributed by atoms with E-state index in [4.69, 9.17) is 26.6 Å². The first-order chi connectivity index (χ1) is 28.3. The third-order valence-electron chi connectivity index (χ3n) is 10.0. The van der Waals surface area contributed by atoms with Gasteiger partial charge in [0.2, 0.25) is 20.0 Å². The number of nitrogens with one attached hydrogen (secondary N) is 1. The molecule has 0 spiro atoms. The molecule has 4 aliphatic heterocycles. The Morgan fingerprint density at radius 2 is 1.28 bits per heavy atom. The van der Waals surface area contributed by atoms with Crippen LogP contribution < -0.4 is 15.6 Å². The Morgan fingerprint density at radius 3 is 1.75 bits per heavy atom. The topological polar surface area (TPSA) is 259 Å². The molecule has 8 rings (SSSR count). The Bertz CT molecular complexity index is 2700. The number of primary sulfonamides is 2. The molecule has 0 unspecified atom stereocenters. The van der Waals surface area contributed by atoms with Crippen molar-refractivity contribution in [3.63, 3.8) is 0 Å². The average Bonchev–Trinajstić information content (AvgIpc) is 4.02. The molecule has 316 valence electrons. The Balaban J connectivity index is 0.000000218. The summed E-state index contributed by atoms with van der Waals surface area (Å²) in [4.78, 5) is 47.4. The third-order valence-corrected chi connectivity index (χ3v) is 12.1. The van der Waals surface area contributed by atoms with Crippen LogP contribution in [-0.2, 0) is 37.9 Å². The lowest BCUT2D eigenvalue weighted by Crippen LogP contribution is -2.37. The van der Waals surface area contributed by atoms with Crippen LogP contribution in [0.2, 0.25) is 5.02 Å². The van der Waals surface area contributed by atoms with Crippen LogP contribution in [0.5, 0.6) is 0 Å². The van der Waals surface area contributed by atoms with Gasteiger partial charge in [-0.25, -0.2) is 40.7 Å². The number of rotatable bonds is 8. The van der Waals surface area contributed by atoms with Gasteiger partial charge in [0.25, 0.3) is 11.8 Å². The van der Waals surface area contributed by atoms with Gasteiger partial charge in [-0.05, 0) is 76.9 Å². The Kier molecular flexibility index (Phi) is 11.8. The van der Waals surface area contributed by atoms with Crippen LogP contribution in [0.15, 0.2) is 80.7 Å². The van der Waals surface area contributed by atoms with Crippen molar-refractivity contribution >= 4 is 49.6 Å². The van der Waals surface area contributed by atoms with E-state index in [2.05, 4.69) is 25.7 Å². The number of aryl methyl sites for hydroxylation is 1. The van der Waals surface area contributed by atoms with E-state index in [-0.39, 0.29) is 55.4 Å². The maximum Gasteiger partial charge on any atom is 0.410 e. The van der Waals surface area contributed by atoms with Gasteiger partial charge in [-0.3, -0.25) is 14.6 Å². The number of hydrogen-bond donors (Lipinski definition) is 3. The second kappa shape index (κ2) is 16.7. The monoisotopic (exact) mass is 887 g/mol. The van der Waals surface area contributed by atoms with E-state index >= 15 is 0 Å². The normalized spacial score (nSPS) is 16.3. The van der Waals surface area contributed by atoms with Crippen molar-refractivity contribution in [1.29, 1.82) is 0 Å². The van der Waals surface area contributed by atoms with Gasteiger partial charge in [0.1, 0.15) is 18.2 Å². The summed E-state index contributed by atoms with van der Waals surface area (Å²) in [6, 6.07) is 7.70. The number of sulfonamides is 2. The van der Waals surface area contributed by atoms with Gasteiger partial charge >= 0.3 is 6.09 Å². The zero-order valence-corrected chi connectivity index (χ0v) is 34.0. The molecule has 3 amide bonds. The number of nitrogens with zero attached hydrogens (tertiary/aromatic N) is 8. The Morgan fingerprint density at radius 1 is 0.783 bits per heavy atom. The van der Waals surface area contributed by atoms with Gasteiger partial charge in [0.05, 0.1) is 38.2 Å². The highest BCUT2D eigenvalue weighted by atomic mass is 35.5. The largest absolute Gasteiger partial charge is 0.443 e. The molecule has 0 atom stereocenters. The van der Waals surface area contributed by atoms with E-state index in [9.17, 15) is 40.0 Å². The minimum absolute atomic E-state index is 0.0986. The van der Waals surface area contributed by atoms with Gasteiger partial charge in [-0.15, -0.1) is 10.2 Å². The van der Waals surface area contributed by atoms with Crippen molar-refractivity contribution < 1.29 is 44.7 Å². The van der Waals surface area contributed by atoms with Crippen LogP contribution in [0.4, 0.5) is 13.6 Å². The van der Waals surface area contributed by atoms with Gasteiger partial charge in [-0.2, -0.15) is 4.80 Å². The number of carbonyl (C=O) groups is 3. The molecule has 2 aromatic heterocycles. The summed E-state index contributed by atoms with van der Waals surface area (Å²) < 4.78 is 79.1. The van der Waals surface area contributed by atoms with Crippen LogP contribution >= 0.6 is 11.6 Å². The van der Waals surface area contributed by atoms with E-state index < -0.39 is 54.5 Å². The molecule has 0 aliphatic carbocycles. The van der Waals surface area contributed by atoms with Crippen molar-refractivity contribution in [1.82, 2.24) is 45.2 Å². The molecular weight excluding hydrogens is 852 g/mol. The van der Waals surface area contributed by atoms with Crippen molar-refractivity contribution in [2.24, 2.45) is 10.3 Å². The first-order valence-electron chi connectivity index (χ1n) is 18.0. The maximum atomic E-state index is 14.5. The summed E-state index contributed by atoms with van der Waals surface area (Å²) in [6.07, 6.45) is 0.904. The average molecular weight is 888 g/mol. The molecule has 0 saturated heterocycles. The summed E-state index contributed by atoms with van der Waals surface area (Å²) in [7, 11) is -8.08. The lowest BCUT2D eigenvalue weighted by Gasteiger charge is -2.23. The molecule has 4 aliphatic rings. The number of nitrogens with two attached hydrogens (primary N) is 2. The highest BCUT2D eigenvalue weighted by Gasteiger charge is 2.36. The fraction of sp³-hybridized carbons (Fsp3) is 0.306. The molecule has 24 heteroatoms. The van der Waals surface area contributed by atoms with E-state index in [1.54, 1.807) is 17.9 Å². The predicted octanol–water partition coefficient (Wildman–Crippen LogP) is 1.10. The van der Waals surface area contributed by atoms with Crippen LogP contribution in [0.3, 0.4) is 0 Å². The lowest BCUT2D eigenvalue weighted by molar-refractivity contribution is 0.0775. The van der Waals surface area contributed by atoms with Crippen LogP contribution in [-0.4, -0.2) is 127 Å².